The average molecular weight is 192 g/mol. The Balaban J connectivity index is 2.63. The molecule has 0 aromatic carbocycles. The van der Waals surface area contributed by atoms with Gasteiger partial charge in [-0.2, -0.15) is 0 Å². The molecule has 0 spiro atoms. The second-order valence-electron chi connectivity index (χ2n) is 3.08. The topological polar surface area (TPSA) is 65.6 Å². The normalized spacial score (nSPS) is 10.4. The third-order valence-corrected chi connectivity index (χ3v) is 2.23. The summed E-state index contributed by atoms with van der Waals surface area (Å²) in [6, 6.07) is 3.88. The van der Waals surface area contributed by atoms with E-state index in [1.54, 1.807) is 7.05 Å². The molecule has 0 aliphatic carbocycles. The molecule has 5 nitrogen and oxygen atoms in total. The van der Waals surface area contributed by atoms with E-state index in [9.17, 15) is 4.79 Å². The van der Waals surface area contributed by atoms with Gasteiger partial charge in [0.25, 0.3) is 5.56 Å². The third kappa shape index (κ3) is 1.14. The molecule has 5 heteroatoms. The van der Waals surface area contributed by atoms with Gasteiger partial charge in [0, 0.05) is 20.3 Å². The molecule has 0 saturated carbocycles. The summed E-state index contributed by atoms with van der Waals surface area (Å²) in [5.74, 6) is 0. The minimum Gasteiger partial charge on any atom is -0.382 e. The van der Waals surface area contributed by atoms with Crippen LogP contribution in [-0.2, 0) is 7.05 Å². The summed E-state index contributed by atoms with van der Waals surface area (Å²) < 4.78 is 1.94. The number of nitrogens with one attached hydrogen (secondary N) is 3. The predicted octanol–water partition coefficient (Wildman–Crippen LogP) is 0.750. The number of nitrogens with zero attached hydrogens (tertiary/aromatic N) is 1. The molecule has 2 aromatic heterocycles. The Kier molecular flexibility index (Phi) is 1.92. The monoisotopic (exact) mass is 192 g/mol. The highest BCUT2D eigenvalue weighted by atomic mass is 16.1. The zero-order valence-corrected chi connectivity index (χ0v) is 8.09. The Hall–Kier alpha value is -1.91. The summed E-state index contributed by atoms with van der Waals surface area (Å²) in [5, 5.41) is 8.27. The van der Waals surface area contributed by atoms with E-state index >= 15 is 0 Å². The standard InChI is InChI=1S/C9H12N4O/c1-10-8-7(11-12-9(8)14)6-4-3-5-13(6)2/h3-5,10H,1-2H3,(H2,11,12,14). The van der Waals surface area contributed by atoms with E-state index in [4.69, 9.17) is 0 Å². The zero-order valence-electron chi connectivity index (χ0n) is 8.09. The van der Waals surface area contributed by atoms with E-state index in [0.717, 1.165) is 11.4 Å². The van der Waals surface area contributed by atoms with Crippen LogP contribution in [-0.4, -0.2) is 21.8 Å². The molecule has 0 fully saturated rings. The van der Waals surface area contributed by atoms with Crippen LogP contribution in [0.1, 0.15) is 0 Å². The van der Waals surface area contributed by atoms with Crippen LogP contribution in [0.2, 0.25) is 0 Å². The Morgan fingerprint density at radius 2 is 2.21 bits per heavy atom. The van der Waals surface area contributed by atoms with Crippen molar-refractivity contribution in [2.75, 3.05) is 12.4 Å². The van der Waals surface area contributed by atoms with Crippen molar-refractivity contribution in [3.05, 3.63) is 28.7 Å². The van der Waals surface area contributed by atoms with E-state index in [1.165, 1.54) is 0 Å². The number of rotatable bonds is 2. The highest BCUT2D eigenvalue weighted by Crippen LogP contribution is 2.21. The molecule has 2 aromatic rings. The first kappa shape index (κ1) is 8.68. The van der Waals surface area contributed by atoms with Crippen LogP contribution in [0, 0.1) is 0 Å². The maximum absolute atomic E-state index is 11.3. The summed E-state index contributed by atoms with van der Waals surface area (Å²) in [6.45, 7) is 0. The largest absolute Gasteiger partial charge is 0.382 e. The van der Waals surface area contributed by atoms with Crippen LogP contribution in [0.25, 0.3) is 11.4 Å². The quantitative estimate of drug-likeness (QED) is 0.657. The van der Waals surface area contributed by atoms with Crippen LogP contribution in [0.4, 0.5) is 5.69 Å². The number of H-pyrrole nitrogens is 2. The van der Waals surface area contributed by atoms with Crippen molar-refractivity contribution in [1.29, 1.82) is 0 Å². The average Bonchev–Trinajstić information content (AvgIpc) is 2.71. The zero-order chi connectivity index (χ0) is 10.1. The number of aryl methyl sites for hydroxylation is 1. The molecule has 0 unspecified atom stereocenters. The van der Waals surface area contributed by atoms with Gasteiger partial charge >= 0.3 is 0 Å². The summed E-state index contributed by atoms with van der Waals surface area (Å²) in [4.78, 5) is 11.3. The SMILES string of the molecule is CNc1c(-c2cccn2C)[nH][nH]c1=O. The molecule has 0 atom stereocenters. The van der Waals surface area contributed by atoms with E-state index in [-0.39, 0.29) is 5.56 Å². The first-order valence-corrected chi connectivity index (χ1v) is 4.34. The lowest BCUT2D eigenvalue weighted by atomic mass is 10.3. The Morgan fingerprint density at radius 1 is 1.43 bits per heavy atom. The fraction of sp³-hybridized carbons (Fsp3) is 0.222. The lowest BCUT2D eigenvalue weighted by Gasteiger charge is -2.02. The first-order chi connectivity index (χ1) is 6.74. The fourth-order valence-electron chi connectivity index (χ4n) is 1.51. The number of aromatic amines is 2. The molecule has 0 saturated heterocycles. The van der Waals surface area contributed by atoms with Gasteiger partial charge in [0.05, 0.1) is 5.69 Å². The first-order valence-electron chi connectivity index (χ1n) is 4.34. The molecule has 74 valence electrons. The smallest absolute Gasteiger partial charge is 0.287 e. The van der Waals surface area contributed by atoms with Gasteiger partial charge in [0.1, 0.15) is 11.4 Å². The van der Waals surface area contributed by atoms with Crippen LogP contribution >= 0.6 is 0 Å². The van der Waals surface area contributed by atoms with Crippen molar-refractivity contribution in [2.45, 2.75) is 0 Å². The van der Waals surface area contributed by atoms with Gasteiger partial charge in [0.2, 0.25) is 0 Å². The molecule has 3 N–H and O–H groups in total. The molecule has 2 heterocycles. The van der Waals surface area contributed by atoms with Crippen molar-refractivity contribution in [3.8, 4) is 11.4 Å². The van der Waals surface area contributed by atoms with Crippen molar-refractivity contribution >= 4 is 5.69 Å². The van der Waals surface area contributed by atoms with Gasteiger partial charge in [0.15, 0.2) is 0 Å². The van der Waals surface area contributed by atoms with E-state index in [2.05, 4.69) is 15.5 Å². The van der Waals surface area contributed by atoms with Gasteiger partial charge in [-0.1, -0.05) is 0 Å². The molecule has 0 amide bonds. The van der Waals surface area contributed by atoms with Crippen molar-refractivity contribution in [3.63, 3.8) is 0 Å². The van der Waals surface area contributed by atoms with Gasteiger partial charge in [-0.05, 0) is 12.1 Å². The Morgan fingerprint density at radius 3 is 2.79 bits per heavy atom. The van der Waals surface area contributed by atoms with E-state index in [0.29, 0.717) is 5.69 Å². The maximum Gasteiger partial charge on any atom is 0.287 e. The van der Waals surface area contributed by atoms with Gasteiger partial charge in [-0.3, -0.25) is 15.0 Å². The molecule has 2 rings (SSSR count). The summed E-state index contributed by atoms with van der Waals surface area (Å²) in [7, 11) is 3.66. The summed E-state index contributed by atoms with van der Waals surface area (Å²) in [6.07, 6.45) is 1.93. The molecule has 0 aliphatic heterocycles. The maximum atomic E-state index is 11.3. The number of aromatic nitrogens is 3. The highest BCUT2D eigenvalue weighted by molar-refractivity contribution is 5.71. The Labute approximate surface area is 80.7 Å². The van der Waals surface area contributed by atoms with Crippen LogP contribution < -0.4 is 10.9 Å². The van der Waals surface area contributed by atoms with Gasteiger partial charge < -0.3 is 9.88 Å². The number of anilines is 1. The Bertz CT molecular complexity index is 491. The van der Waals surface area contributed by atoms with Gasteiger partial charge in [-0.15, -0.1) is 0 Å². The van der Waals surface area contributed by atoms with Crippen molar-refractivity contribution in [1.82, 2.24) is 14.8 Å². The predicted molar refractivity (Wildman–Crippen MR) is 55.4 cm³/mol. The lowest BCUT2D eigenvalue weighted by molar-refractivity contribution is 0.926. The van der Waals surface area contributed by atoms with Gasteiger partial charge in [-0.25, -0.2) is 0 Å². The molecular weight excluding hydrogens is 180 g/mol. The lowest BCUT2D eigenvalue weighted by Crippen LogP contribution is -2.05. The van der Waals surface area contributed by atoms with E-state index in [1.807, 2.05) is 29.9 Å². The second kappa shape index (κ2) is 3.10. The summed E-state index contributed by atoms with van der Waals surface area (Å²) >= 11 is 0. The van der Waals surface area contributed by atoms with Crippen molar-refractivity contribution in [2.24, 2.45) is 7.05 Å². The minimum absolute atomic E-state index is 0.135. The minimum atomic E-state index is -0.135. The molecule has 0 bridgehead atoms. The fourth-order valence-corrected chi connectivity index (χ4v) is 1.51. The molecule has 0 radical (unpaired) electrons. The molecular formula is C9H12N4O. The van der Waals surface area contributed by atoms with Crippen LogP contribution in [0.5, 0.6) is 0 Å². The summed E-state index contributed by atoms with van der Waals surface area (Å²) in [5.41, 5.74) is 2.17. The van der Waals surface area contributed by atoms with E-state index < -0.39 is 0 Å². The second-order valence-corrected chi connectivity index (χ2v) is 3.08. The van der Waals surface area contributed by atoms with Crippen LogP contribution in [0.3, 0.4) is 0 Å². The highest BCUT2D eigenvalue weighted by Gasteiger charge is 2.11. The molecule has 0 aliphatic rings. The third-order valence-electron chi connectivity index (χ3n) is 2.23. The van der Waals surface area contributed by atoms with Crippen LogP contribution in [0.15, 0.2) is 23.1 Å². The number of hydrogen-bond acceptors (Lipinski definition) is 2. The number of hydrogen-bond donors (Lipinski definition) is 3. The molecule has 14 heavy (non-hydrogen) atoms. The van der Waals surface area contributed by atoms with Crippen molar-refractivity contribution < 1.29 is 0 Å².